The summed E-state index contributed by atoms with van der Waals surface area (Å²) in [6.07, 6.45) is 5.83. The number of hydrogen-bond donors (Lipinski definition) is 1. The summed E-state index contributed by atoms with van der Waals surface area (Å²) in [6, 6.07) is 1.71. The van der Waals surface area contributed by atoms with Gasteiger partial charge in [-0.1, -0.05) is 6.42 Å². The molecule has 0 radical (unpaired) electrons. The van der Waals surface area contributed by atoms with Crippen LogP contribution in [0.1, 0.15) is 32.6 Å². The standard InChI is InChI=1S/C8H15N/c1-6-5-7-3-2-4-8(7)9-6/h6-9H,2-5H2,1H3/t6-,7+,8+/m1/s1. The summed E-state index contributed by atoms with van der Waals surface area (Å²) in [4.78, 5) is 0. The van der Waals surface area contributed by atoms with Crippen LogP contribution < -0.4 is 5.32 Å². The van der Waals surface area contributed by atoms with E-state index in [-0.39, 0.29) is 0 Å². The SMILES string of the molecule is C[C@@H]1C[C@@H]2CCC[C@@H]2N1. The van der Waals surface area contributed by atoms with E-state index in [0.29, 0.717) is 0 Å². The first-order chi connectivity index (χ1) is 4.36. The third-order valence-electron chi connectivity index (χ3n) is 2.81. The van der Waals surface area contributed by atoms with Crippen molar-refractivity contribution in [2.75, 3.05) is 0 Å². The van der Waals surface area contributed by atoms with Gasteiger partial charge in [0, 0.05) is 12.1 Å². The van der Waals surface area contributed by atoms with Gasteiger partial charge in [-0.05, 0) is 32.1 Å². The van der Waals surface area contributed by atoms with Crippen molar-refractivity contribution in [3.63, 3.8) is 0 Å². The molecule has 2 aliphatic rings. The molecule has 1 heteroatoms. The molecule has 1 saturated carbocycles. The highest BCUT2D eigenvalue weighted by Gasteiger charge is 2.34. The molecule has 0 aromatic heterocycles. The monoisotopic (exact) mass is 125 g/mol. The van der Waals surface area contributed by atoms with Gasteiger partial charge in [-0.15, -0.1) is 0 Å². The Kier molecular flexibility index (Phi) is 1.26. The van der Waals surface area contributed by atoms with Crippen molar-refractivity contribution in [1.82, 2.24) is 5.32 Å². The highest BCUT2D eigenvalue weighted by Crippen LogP contribution is 2.34. The van der Waals surface area contributed by atoms with Gasteiger partial charge in [0.05, 0.1) is 0 Å². The Morgan fingerprint density at radius 1 is 1.33 bits per heavy atom. The number of nitrogens with one attached hydrogen (secondary N) is 1. The molecule has 1 saturated heterocycles. The molecule has 1 heterocycles. The Balaban J connectivity index is 2.02. The van der Waals surface area contributed by atoms with Crippen LogP contribution in [0.5, 0.6) is 0 Å². The smallest absolute Gasteiger partial charge is 0.00983 e. The molecule has 0 bridgehead atoms. The fourth-order valence-electron chi connectivity index (χ4n) is 2.43. The van der Waals surface area contributed by atoms with Crippen molar-refractivity contribution in [3.8, 4) is 0 Å². The maximum Gasteiger partial charge on any atom is 0.00983 e. The van der Waals surface area contributed by atoms with E-state index in [9.17, 15) is 0 Å². The molecule has 1 aliphatic heterocycles. The van der Waals surface area contributed by atoms with E-state index in [1.165, 1.54) is 25.7 Å². The van der Waals surface area contributed by atoms with Gasteiger partial charge in [-0.3, -0.25) is 0 Å². The van der Waals surface area contributed by atoms with Crippen molar-refractivity contribution in [3.05, 3.63) is 0 Å². The molecule has 2 fully saturated rings. The summed E-state index contributed by atoms with van der Waals surface area (Å²) >= 11 is 0. The third kappa shape index (κ3) is 0.877. The lowest BCUT2D eigenvalue weighted by Crippen LogP contribution is -2.26. The fraction of sp³-hybridized carbons (Fsp3) is 1.00. The zero-order valence-electron chi connectivity index (χ0n) is 6.06. The molecule has 0 unspecified atom stereocenters. The number of hydrogen-bond acceptors (Lipinski definition) is 1. The quantitative estimate of drug-likeness (QED) is 0.518. The highest BCUT2D eigenvalue weighted by atomic mass is 15.0. The molecular weight excluding hydrogens is 110 g/mol. The second-order valence-corrected chi connectivity index (χ2v) is 3.60. The van der Waals surface area contributed by atoms with E-state index >= 15 is 0 Å². The first kappa shape index (κ1) is 5.72. The zero-order valence-corrected chi connectivity index (χ0v) is 6.06. The largest absolute Gasteiger partial charge is 0.311 e. The summed E-state index contributed by atoms with van der Waals surface area (Å²) in [5.74, 6) is 1.04. The van der Waals surface area contributed by atoms with E-state index in [0.717, 1.165) is 18.0 Å². The number of fused-ring (bicyclic) bond motifs is 1. The van der Waals surface area contributed by atoms with Crippen molar-refractivity contribution in [2.45, 2.75) is 44.7 Å². The van der Waals surface area contributed by atoms with Crippen molar-refractivity contribution < 1.29 is 0 Å². The van der Waals surface area contributed by atoms with E-state index in [1.807, 2.05) is 0 Å². The van der Waals surface area contributed by atoms with Gasteiger partial charge >= 0.3 is 0 Å². The predicted octanol–water partition coefficient (Wildman–Crippen LogP) is 1.54. The zero-order chi connectivity index (χ0) is 6.27. The third-order valence-corrected chi connectivity index (χ3v) is 2.81. The minimum Gasteiger partial charge on any atom is -0.311 e. The molecule has 9 heavy (non-hydrogen) atoms. The summed E-state index contributed by atoms with van der Waals surface area (Å²) in [5.41, 5.74) is 0. The van der Waals surface area contributed by atoms with Crippen LogP contribution in [0, 0.1) is 5.92 Å². The molecule has 0 aromatic rings. The molecule has 0 spiro atoms. The topological polar surface area (TPSA) is 12.0 Å². The van der Waals surface area contributed by atoms with E-state index in [4.69, 9.17) is 0 Å². The first-order valence-electron chi connectivity index (χ1n) is 4.12. The van der Waals surface area contributed by atoms with Gasteiger partial charge in [0.25, 0.3) is 0 Å². The van der Waals surface area contributed by atoms with Crippen LogP contribution in [0.15, 0.2) is 0 Å². The molecule has 1 nitrogen and oxygen atoms in total. The van der Waals surface area contributed by atoms with Crippen LogP contribution in [-0.2, 0) is 0 Å². The van der Waals surface area contributed by atoms with Crippen LogP contribution >= 0.6 is 0 Å². The second-order valence-electron chi connectivity index (χ2n) is 3.60. The van der Waals surface area contributed by atoms with Gasteiger partial charge in [-0.2, -0.15) is 0 Å². The summed E-state index contributed by atoms with van der Waals surface area (Å²) < 4.78 is 0. The Labute approximate surface area is 56.8 Å². The van der Waals surface area contributed by atoms with Crippen LogP contribution in [-0.4, -0.2) is 12.1 Å². The lowest BCUT2D eigenvalue weighted by atomic mass is 10.0. The lowest BCUT2D eigenvalue weighted by molar-refractivity contribution is 0.518. The number of rotatable bonds is 0. The Morgan fingerprint density at radius 3 is 3.00 bits per heavy atom. The molecule has 1 N–H and O–H groups in total. The molecule has 2 rings (SSSR count). The first-order valence-corrected chi connectivity index (χ1v) is 4.12. The molecule has 3 atom stereocenters. The van der Waals surface area contributed by atoms with Crippen molar-refractivity contribution >= 4 is 0 Å². The van der Waals surface area contributed by atoms with Crippen LogP contribution in [0.4, 0.5) is 0 Å². The molecule has 0 aromatic carbocycles. The average Bonchev–Trinajstić information content (AvgIpc) is 2.22. The summed E-state index contributed by atoms with van der Waals surface area (Å²) in [6.45, 7) is 2.30. The fourth-order valence-corrected chi connectivity index (χ4v) is 2.43. The normalized spacial score (nSPS) is 49.7. The van der Waals surface area contributed by atoms with Gasteiger partial charge in [0.1, 0.15) is 0 Å². The van der Waals surface area contributed by atoms with E-state index in [1.54, 1.807) is 0 Å². The average molecular weight is 125 g/mol. The summed E-state index contributed by atoms with van der Waals surface area (Å²) in [7, 11) is 0. The predicted molar refractivity (Wildman–Crippen MR) is 38.3 cm³/mol. The van der Waals surface area contributed by atoms with Crippen molar-refractivity contribution in [1.29, 1.82) is 0 Å². The molecule has 52 valence electrons. The van der Waals surface area contributed by atoms with E-state index < -0.39 is 0 Å². The van der Waals surface area contributed by atoms with Gasteiger partial charge < -0.3 is 5.32 Å². The van der Waals surface area contributed by atoms with Crippen LogP contribution in [0.3, 0.4) is 0 Å². The Morgan fingerprint density at radius 2 is 2.22 bits per heavy atom. The van der Waals surface area contributed by atoms with Gasteiger partial charge in [0.2, 0.25) is 0 Å². The van der Waals surface area contributed by atoms with Gasteiger partial charge in [-0.25, -0.2) is 0 Å². The lowest BCUT2D eigenvalue weighted by Gasteiger charge is -2.06. The minimum atomic E-state index is 0.806. The van der Waals surface area contributed by atoms with Crippen LogP contribution in [0.25, 0.3) is 0 Å². The van der Waals surface area contributed by atoms with Crippen LogP contribution in [0.2, 0.25) is 0 Å². The highest BCUT2D eigenvalue weighted by molar-refractivity contribution is 4.92. The van der Waals surface area contributed by atoms with E-state index in [2.05, 4.69) is 12.2 Å². The maximum atomic E-state index is 3.62. The molecular formula is C8H15N. The maximum absolute atomic E-state index is 3.62. The Bertz CT molecular complexity index is 99.1. The molecule has 0 amide bonds. The minimum absolute atomic E-state index is 0.806. The Hall–Kier alpha value is -0.0400. The molecule has 1 aliphatic carbocycles. The second kappa shape index (κ2) is 1.98. The van der Waals surface area contributed by atoms with Gasteiger partial charge in [0.15, 0.2) is 0 Å². The van der Waals surface area contributed by atoms with Crippen molar-refractivity contribution in [2.24, 2.45) is 5.92 Å². The summed E-state index contributed by atoms with van der Waals surface area (Å²) in [5, 5.41) is 3.62.